The third kappa shape index (κ3) is 3.61. The van der Waals surface area contributed by atoms with E-state index >= 15 is 0 Å². The Morgan fingerprint density at radius 2 is 1.81 bits per heavy atom. The van der Waals surface area contributed by atoms with Gasteiger partial charge < -0.3 is 0 Å². The molecule has 0 aliphatic rings. The monoisotopic (exact) mass is 384 g/mol. The van der Waals surface area contributed by atoms with Crippen molar-refractivity contribution in [3.05, 3.63) is 94.2 Å². The van der Waals surface area contributed by atoms with E-state index in [9.17, 15) is 13.6 Å². The molecule has 2 heterocycles. The number of aromatic nitrogens is 4. The molecule has 2 aromatic heterocycles. The van der Waals surface area contributed by atoms with E-state index in [1.807, 2.05) is 30.3 Å². The zero-order chi connectivity index (χ0) is 18.8. The Hall–Kier alpha value is -3.00. The van der Waals surface area contributed by atoms with E-state index in [1.165, 1.54) is 26.9 Å². The van der Waals surface area contributed by atoms with Gasteiger partial charge in [0.1, 0.15) is 5.03 Å². The summed E-state index contributed by atoms with van der Waals surface area (Å²) in [5.41, 5.74) is 1.66. The van der Waals surface area contributed by atoms with Gasteiger partial charge in [-0.25, -0.2) is 27.6 Å². The van der Waals surface area contributed by atoms with Crippen molar-refractivity contribution >= 4 is 17.4 Å². The van der Waals surface area contributed by atoms with Crippen molar-refractivity contribution in [2.24, 2.45) is 0 Å². The number of thioether (sulfide) groups is 1. The fourth-order valence-electron chi connectivity index (χ4n) is 2.67. The lowest BCUT2D eigenvalue weighted by atomic mass is 10.2. The summed E-state index contributed by atoms with van der Waals surface area (Å²) in [5, 5.41) is 4.97. The molecule has 0 radical (unpaired) electrons. The quantitative estimate of drug-likeness (QED) is 0.494. The van der Waals surface area contributed by atoms with E-state index in [0.717, 1.165) is 17.7 Å². The van der Waals surface area contributed by atoms with Gasteiger partial charge in [-0.2, -0.15) is 0 Å². The molecule has 5 nitrogen and oxygen atoms in total. The highest BCUT2D eigenvalue weighted by Gasteiger charge is 2.13. The van der Waals surface area contributed by atoms with E-state index in [-0.39, 0.29) is 12.2 Å². The highest BCUT2D eigenvalue weighted by atomic mass is 32.2. The Morgan fingerprint density at radius 3 is 2.59 bits per heavy atom. The smallest absolute Gasteiger partial charge is 0.246 e. The van der Waals surface area contributed by atoms with Crippen molar-refractivity contribution in [2.45, 2.75) is 17.3 Å². The molecule has 0 aliphatic heterocycles. The average Bonchev–Trinajstić information content (AvgIpc) is 3.00. The van der Waals surface area contributed by atoms with E-state index in [4.69, 9.17) is 0 Å². The predicted octanol–water partition coefficient (Wildman–Crippen LogP) is 3.51. The summed E-state index contributed by atoms with van der Waals surface area (Å²) in [6.45, 7) is 0.0422. The molecule has 0 spiro atoms. The number of fused-ring (bicyclic) bond motifs is 1. The van der Waals surface area contributed by atoms with Crippen LogP contribution in [0.2, 0.25) is 0 Å². The van der Waals surface area contributed by atoms with E-state index in [0.29, 0.717) is 22.0 Å². The van der Waals surface area contributed by atoms with Crippen LogP contribution >= 0.6 is 11.8 Å². The van der Waals surface area contributed by atoms with Gasteiger partial charge in [0, 0.05) is 18.1 Å². The molecule has 0 saturated heterocycles. The van der Waals surface area contributed by atoms with Crippen LogP contribution in [0.5, 0.6) is 0 Å². The lowest BCUT2D eigenvalue weighted by Gasteiger charge is -2.02. The molecule has 0 saturated carbocycles. The molecular formula is C19H14F2N4OS. The molecule has 8 heteroatoms. The minimum Gasteiger partial charge on any atom is -0.246 e. The van der Waals surface area contributed by atoms with Crippen LogP contribution in [0.15, 0.2) is 70.7 Å². The number of halogens is 2. The summed E-state index contributed by atoms with van der Waals surface area (Å²) < 4.78 is 29.1. The standard InChI is InChI=1S/C19H14F2N4OS/c20-15-7-6-14(10-16(15)21)11-25-19(26)24-9-8-22-18(17(24)23-25)27-12-13-4-2-1-3-5-13/h1-10H,11-12H2. The van der Waals surface area contributed by atoms with Crippen molar-refractivity contribution in [3.8, 4) is 0 Å². The molecular weight excluding hydrogens is 370 g/mol. The first kappa shape index (κ1) is 17.4. The highest BCUT2D eigenvalue weighted by molar-refractivity contribution is 7.98. The van der Waals surface area contributed by atoms with Crippen molar-refractivity contribution in [2.75, 3.05) is 0 Å². The van der Waals surface area contributed by atoms with Gasteiger partial charge in [-0.1, -0.05) is 48.2 Å². The maximum Gasteiger partial charge on any atom is 0.350 e. The molecule has 0 aliphatic carbocycles. The molecule has 0 fully saturated rings. The summed E-state index contributed by atoms with van der Waals surface area (Å²) in [4.78, 5) is 16.9. The lowest BCUT2D eigenvalue weighted by Crippen LogP contribution is -2.21. The summed E-state index contributed by atoms with van der Waals surface area (Å²) in [6, 6.07) is 13.4. The fraction of sp³-hybridized carbons (Fsp3) is 0.105. The van der Waals surface area contributed by atoms with Crippen LogP contribution in [0.25, 0.3) is 5.65 Å². The van der Waals surface area contributed by atoms with Crippen LogP contribution in [0.4, 0.5) is 8.78 Å². The van der Waals surface area contributed by atoms with Crippen LogP contribution in [0, 0.1) is 11.6 Å². The zero-order valence-electron chi connectivity index (χ0n) is 14.0. The average molecular weight is 384 g/mol. The third-order valence-electron chi connectivity index (χ3n) is 4.00. The summed E-state index contributed by atoms with van der Waals surface area (Å²) in [7, 11) is 0. The second-order valence-corrected chi connectivity index (χ2v) is 6.85. The van der Waals surface area contributed by atoms with E-state index in [2.05, 4.69) is 10.1 Å². The fourth-order valence-corrected chi connectivity index (χ4v) is 3.57. The van der Waals surface area contributed by atoms with Gasteiger partial charge in [0.2, 0.25) is 0 Å². The maximum atomic E-state index is 13.4. The SMILES string of the molecule is O=c1n(Cc2ccc(F)c(F)c2)nc2c(SCc3ccccc3)nccn12. The third-order valence-corrected chi connectivity index (χ3v) is 5.04. The van der Waals surface area contributed by atoms with Gasteiger partial charge in [0.25, 0.3) is 0 Å². The predicted molar refractivity (Wildman–Crippen MR) is 98.7 cm³/mol. The molecule has 4 rings (SSSR count). The van der Waals surface area contributed by atoms with E-state index in [1.54, 1.807) is 12.4 Å². The Labute approximate surface area is 157 Å². The molecule has 27 heavy (non-hydrogen) atoms. The normalized spacial score (nSPS) is 11.2. The molecule has 0 atom stereocenters. The van der Waals surface area contributed by atoms with Crippen LogP contribution in [-0.4, -0.2) is 19.2 Å². The first-order valence-electron chi connectivity index (χ1n) is 8.16. The van der Waals surface area contributed by atoms with Crippen molar-refractivity contribution in [1.82, 2.24) is 19.2 Å². The van der Waals surface area contributed by atoms with E-state index < -0.39 is 11.6 Å². The van der Waals surface area contributed by atoms with Gasteiger partial charge in [-0.3, -0.25) is 0 Å². The molecule has 2 aromatic carbocycles. The van der Waals surface area contributed by atoms with Crippen LogP contribution in [0.3, 0.4) is 0 Å². The summed E-state index contributed by atoms with van der Waals surface area (Å²) in [6.07, 6.45) is 3.09. The molecule has 136 valence electrons. The summed E-state index contributed by atoms with van der Waals surface area (Å²) in [5.74, 6) is -1.19. The van der Waals surface area contributed by atoms with Gasteiger partial charge in [0.05, 0.1) is 6.54 Å². The Bertz CT molecular complexity index is 1160. The number of hydrogen-bond acceptors (Lipinski definition) is 4. The highest BCUT2D eigenvalue weighted by Crippen LogP contribution is 2.23. The topological polar surface area (TPSA) is 52.2 Å². The minimum atomic E-state index is -0.954. The maximum absolute atomic E-state index is 13.4. The second kappa shape index (κ2) is 7.32. The van der Waals surface area contributed by atoms with Crippen LogP contribution in [0.1, 0.15) is 11.1 Å². The second-order valence-electron chi connectivity index (χ2n) is 5.89. The molecule has 0 bridgehead atoms. The number of benzene rings is 2. The Morgan fingerprint density at radius 1 is 1.00 bits per heavy atom. The van der Waals surface area contributed by atoms with Gasteiger partial charge in [0.15, 0.2) is 17.3 Å². The lowest BCUT2D eigenvalue weighted by molar-refractivity contribution is 0.505. The molecule has 4 aromatic rings. The minimum absolute atomic E-state index is 0.0422. The van der Waals surface area contributed by atoms with Crippen molar-refractivity contribution in [3.63, 3.8) is 0 Å². The molecule has 0 amide bonds. The van der Waals surface area contributed by atoms with Gasteiger partial charge in [-0.05, 0) is 23.3 Å². The van der Waals surface area contributed by atoms with Gasteiger partial charge in [-0.15, -0.1) is 5.10 Å². The Balaban J connectivity index is 1.64. The molecule has 0 unspecified atom stereocenters. The van der Waals surface area contributed by atoms with Crippen LogP contribution in [-0.2, 0) is 12.3 Å². The Kier molecular flexibility index (Phi) is 4.72. The van der Waals surface area contributed by atoms with Crippen molar-refractivity contribution in [1.29, 1.82) is 0 Å². The largest absolute Gasteiger partial charge is 0.350 e. The van der Waals surface area contributed by atoms with Gasteiger partial charge >= 0.3 is 5.69 Å². The zero-order valence-corrected chi connectivity index (χ0v) is 14.9. The molecule has 0 N–H and O–H groups in total. The first-order chi connectivity index (χ1) is 13.1. The number of hydrogen-bond donors (Lipinski definition) is 0. The number of nitrogens with zero attached hydrogens (tertiary/aromatic N) is 4. The van der Waals surface area contributed by atoms with Crippen molar-refractivity contribution < 1.29 is 8.78 Å². The van der Waals surface area contributed by atoms with Crippen LogP contribution < -0.4 is 5.69 Å². The number of rotatable bonds is 5. The summed E-state index contributed by atoms with van der Waals surface area (Å²) >= 11 is 1.48. The first-order valence-corrected chi connectivity index (χ1v) is 9.15.